The quantitative estimate of drug-likeness (QED) is 0.782. The van der Waals surface area contributed by atoms with Crippen molar-refractivity contribution in [1.29, 1.82) is 0 Å². The summed E-state index contributed by atoms with van der Waals surface area (Å²) in [6.07, 6.45) is 3.97. The number of methoxy groups -OCH3 is 1. The molecule has 0 saturated carbocycles. The summed E-state index contributed by atoms with van der Waals surface area (Å²) in [5, 5.41) is 3.34. The van der Waals surface area contributed by atoms with Crippen LogP contribution >= 0.6 is 0 Å². The van der Waals surface area contributed by atoms with Crippen LogP contribution < -0.4 is 11.1 Å². The number of anilines is 1. The highest BCUT2D eigenvalue weighted by Gasteiger charge is 2.19. The maximum Gasteiger partial charge on any atom is 0.250 e. The molecule has 2 heterocycles. The van der Waals surface area contributed by atoms with Crippen LogP contribution in [0.1, 0.15) is 23.2 Å². The van der Waals surface area contributed by atoms with Gasteiger partial charge in [0.2, 0.25) is 5.91 Å². The van der Waals surface area contributed by atoms with E-state index in [1.165, 1.54) is 19.0 Å². The highest BCUT2D eigenvalue weighted by atomic mass is 16.5. The third-order valence-corrected chi connectivity index (χ3v) is 3.83. The second-order valence-electron chi connectivity index (χ2n) is 5.48. The number of hydrogen-bond donors (Lipinski definition) is 2. The van der Waals surface area contributed by atoms with Crippen LogP contribution in [-0.4, -0.2) is 55.7 Å². The van der Waals surface area contributed by atoms with Crippen molar-refractivity contribution < 1.29 is 9.53 Å². The molecule has 1 atom stereocenters. The Morgan fingerprint density at radius 1 is 1.57 bits per heavy atom. The highest BCUT2D eigenvalue weighted by molar-refractivity contribution is 5.92. The van der Waals surface area contributed by atoms with E-state index in [0.29, 0.717) is 11.5 Å². The van der Waals surface area contributed by atoms with Crippen LogP contribution in [0.3, 0.4) is 0 Å². The topological polar surface area (TPSA) is 80.5 Å². The molecule has 0 aliphatic carbocycles. The molecule has 21 heavy (non-hydrogen) atoms. The number of nitrogens with zero attached hydrogens (tertiary/aromatic N) is 2. The molecule has 1 aromatic heterocycles. The van der Waals surface area contributed by atoms with Gasteiger partial charge in [-0.3, -0.25) is 4.79 Å². The van der Waals surface area contributed by atoms with Gasteiger partial charge >= 0.3 is 0 Å². The fourth-order valence-corrected chi connectivity index (χ4v) is 2.63. The molecule has 1 aliphatic heterocycles. The third-order valence-electron chi connectivity index (χ3n) is 3.83. The Labute approximate surface area is 125 Å². The number of rotatable bonds is 7. The Morgan fingerprint density at radius 2 is 2.43 bits per heavy atom. The molecule has 6 heteroatoms. The van der Waals surface area contributed by atoms with Crippen molar-refractivity contribution in [1.82, 2.24) is 9.88 Å². The lowest BCUT2D eigenvalue weighted by Gasteiger charge is -2.32. The molecular formula is C15H24N4O2. The van der Waals surface area contributed by atoms with Gasteiger partial charge in [-0.2, -0.15) is 0 Å². The van der Waals surface area contributed by atoms with Crippen LogP contribution in [0.15, 0.2) is 18.3 Å². The average molecular weight is 292 g/mol. The van der Waals surface area contributed by atoms with E-state index in [4.69, 9.17) is 10.5 Å². The van der Waals surface area contributed by atoms with Crippen molar-refractivity contribution in [2.45, 2.75) is 12.8 Å². The standard InChI is InChI=1S/C15H24N4O2/c1-21-8-7-19-6-2-3-12(11-19)9-17-14-5-4-13(10-18-14)15(16)20/h4-5,10,12H,2-3,6-9,11H2,1H3,(H2,16,20)(H,17,18)/t12-/m0/s1. The second-order valence-corrected chi connectivity index (χ2v) is 5.48. The maximum absolute atomic E-state index is 11.0. The van der Waals surface area contributed by atoms with Gasteiger partial charge in [0.15, 0.2) is 0 Å². The molecular weight excluding hydrogens is 268 g/mol. The van der Waals surface area contributed by atoms with E-state index < -0.39 is 5.91 Å². The number of carbonyl (C=O) groups is 1. The number of nitrogens with two attached hydrogens (primary N) is 1. The predicted octanol–water partition coefficient (Wildman–Crippen LogP) is 0.951. The largest absolute Gasteiger partial charge is 0.383 e. The third kappa shape index (κ3) is 4.99. The normalized spacial score (nSPS) is 19.4. The lowest BCUT2D eigenvalue weighted by Crippen LogP contribution is -2.39. The van der Waals surface area contributed by atoms with Gasteiger partial charge in [-0.25, -0.2) is 4.98 Å². The fraction of sp³-hybridized carbons (Fsp3) is 0.600. The Morgan fingerprint density at radius 3 is 3.10 bits per heavy atom. The summed E-state index contributed by atoms with van der Waals surface area (Å²) < 4.78 is 5.13. The first kappa shape index (κ1) is 15.7. The van der Waals surface area contributed by atoms with Gasteiger partial charge in [-0.15, -0.1) is 0 Å². The molecule has 2 rings (SSSR count). The molecule has 3 N–H and O–H groups in total. The molecule has 1 aromatic rings. The van der Waals surface area contributed by atoms with Gasteiger partial charge in [-0.1, -0.05) is 0 Å². The van der Waals surface area contributed by atoms with Crippen molar-refractivity contribution in [3.63, 3.8) is 0 Å². The first-order valence-corrected chi connectivity index (χ1v) is 7.40. The molecule has 0 spiro atoms. The zero-order valence-electron chi connectivity index (χ0n) is 12.5. The molecule has 6 nitrogen and oxygen atoms in total. The first-order valence-electron chi connectivity index (χ1n) is 7.40. The van der Waals surface area contributed by atoms with E-state index in [-0.39, 0.29) is 0 Å². The molecule has 116 valence electrons. The van der Waals surface area contributed by atoms with Crippen LogP contribution in [0.25, 0.3) is 0 Å². The van der Waals surface area contributed by atoms with Crippen LogP contribution in [0.4, 0.5) is 5.82 Å². The zero-order valence-corrected chi connectivity index (χ0v) is 12.5. The fourth-order valence-electron chi connectivity index (χ4n) is 2.63. The first-order chi connectivity index (χ1) is 10.2. The van der Waals surface area contributed by atoms with Crippen molar-refractivity contribution in [2.24, 2.45) is 11.7 Å². The Balaban J connectivity index is 1.78. The van der Waals surface area contributed by atoms with E-state index in [9.17, 15) is 4.79 Å². The molecule has 0 unspecified atom stereocenters. The molecule has 1 fully saturated rings. The number of ether oxygens (including phenoxy) is 1. The van der Waals surface area contributed by atoms with Gasteiger partial charge in [-0.05, 0) is 37.4 Å². The van der Waals surface area contributed by atoms with Crippen molar-refractivity contribution in [2.75, 3.05) is 45.2 Å². The number of likely N-dealkylation sites (tertiary alicyclic amines) is 1. The van der Waals surface area contributed by atoms with Crippen LogP contribution in [0.2, 0.25) is 0 Å². The zero-order chi connectivity index (χ0) is 15.1. The van der Waals surface area contributed by atoms with E-state index in [1.807, 2.05) is 0 Å². The number of pyridine rings is 1. The molecule has 0 bridgehead atoms. The molecule has 1 saturated heterocycles. The van der Waals surface area contributed by atoms with Gasteiger partial charge in [0.1, 0.15) is 5.82 Å². The van der Waals surface area contributed by atoms with Crippen molar-refractivity contribution >= 4 is 11.7 Å². The minimum Gasteiger partial charge on any atom is -0.383 e. The number of aromatic nitrogens is 1. The van der Waals surface area contributed by atoms with E-state index >= 15 is 0 Å². The summed E-state index contributed by atoms with van der Waals surface area (Å²) in [5.41, 5.74) is 5.63. The second kappa shape index (κ2) is 7.95. The Bertz CT molecular complexity index is 449. The minimum atomic E-state index is -0.449. The highest BCUT2D eigenvalue weighted by Crippen LogP contribution is 2.17. The number of primary amides is 1. The predicted molar refractivity (Wildman–Crippen MR) is 82.3 cm³/mol. The Kier molecular flexibility index (Phi) is 5.95. The Hall–Kier alpha value is -1.66. The summed E-state index contributed by atoms with van der Waals surface area (Å²) in [4.78, 5) is 17.6. The molecule has 0 radical (unpaired) electrons. The van der Waals surface area contributed by atoms with Gasteiger partial charge in [0, 0.05) is 32.9 Å². The van der Waals surface area contributed by atoms with Gasteiger partial charge in [0.25, 0.3) is 0 Å². The van der Waals surface area contributed by atoms with Crippen molar-refractivity contribution in [3.8, 4) is 0 Å². The number of amides is 1. The number of hydrogen-bond acceptors (Lipinski definition) is 5. The number of nitrogens with one attached hydrogen (secondary N) is 1. The maximum atomic E-state index is 11.0. The van der Waals surface area contributed by atoms with E-state index in [0.717, 1.165) is 38.6 Å². The van der Waals surface area contributed by atoms with E-state index in [2.05, 4.69) is 15.2 Å². The van der Waals surface area contributed by atoms with Crippen molar-refractivity contribution in [3.05, 3.63) is 23.9 Å². The summed E-state index contributed by atoms with van der Waals surface area (Å²) in [7, 11) is 1.74. The monoisotopic (exact) mass is 292 g/mol. The lowest BCUT2D eigenvalue weighted by molar-refractivity contribution is 0.1000. The van der Waals surface area contributed by atoms with Gasteiger partial charge < -0.3 is 20.7 Å². The average Bonchev–Trinajstić information content (AvgIpc) is 2.52. The molecule has 1 amide bonds. The van der Waals surface area contributed by atoms with Gasteiger partial charge in [0.05, 0.1) is 12.2 Å². The lowest BCUT2D eigenvalue weighted by atomic mass is 9.98. The SMILES string of the molecule is COCCN1CCC[C@@H](CNc2ccc(C(N)=O)cn2)C1. The van der Waals surface area contributed by atoms with Crippen LogP contribution in [0, 0.1) is 5.92 Å². The minimum absolute atomic E-state index is 0.434. The summed E-state index contributed by atoms with van der Waals surface area (Å²) >= 11 is 0. The smallest absolute Gasteiger partial charge is 0.250 e. The molecule has 1 aliphatic rings. The van der Waals surface area contributed by atoms with Crippen LogP contribution in [0.5, 0.6) is 0 Å². The van der Waals surface area contributed by atoms with Crippen LogP contribution in [-0.2, 0) is 4.74 Å². The summed E-state index contributed by atoms with van der Waals surface area (Å²) in [6, 6.07) is 3.50. The summed E-state index contributed by atoms with van der Waals surface area (Å²) in [5.74, 6) is 0.956. The summed E-state index contributed by atoms with van der Waals surface area (Å²) in [6.45, 7) is 4.93. The molecule has 0 aromatic carbocycles. The number of piperidine rings is 1. The number of carbonyl (C=O) groups excluding carboxylic acids is 1. The van der Waals surface area contributed by atoms with E-state index in [1.54, 1.807) is 19.2 Å².